The first-order chi connectivity index (χ1) is 9.39. The molecule has 2 unspecified atom stereocenters. The van der Waals surface area contributed by atoms with E-state index < -0.39 is 5.60 Å². The topological polar surface area (TPSA) is 32.3 Å². The molecule has 0 amide bonds. The number of aliphatic hydroxyl groups is 1. The van der Waals surface area contributed by atoms with Gasteiger partial charge in [0.1, 0.15) is 0 Å². The van der Waals surface area contributed by atoms with Gasteiger partial charge in [-0.3, -0.25) is 0 Å². The van der Waals surface area contributed by atoms with Gasteiger partial charge in [0.25, 0.3) is 0 Å². The first-order valence-corrected chi connectivity index (χ1v) is 7.89. The van der Waals surface area contributed by atoms with Crippen LogP contribution in [0.4, 0.5) is 0 Å². The molecule has 0 saturated heterocycles. The molecule has 0 radical (unpaired) electrons. The standard InChI is InChI=1S/C18H29NO/c1-13-6-5-7-18(20,10-13)12-19-11-17-9-15(3)14(2)8-16(17)4/h8-9,13,19-20H,5-7,10-12H2,1-4H3. The second-order valence-corrected chi connectivity index (χ2v) is 6.89. The van der Waals surface area contributed by atoms with Crippen molar-refractivity contribution >= 4 is 0 Å². The average Bonchev–Trinajstić information content (AvgIpc) is 2.35. The molecule has 2 N–H and O–H groups in total. The molecular weight excluding hydrogens is 246 g/mol. The molecule has 1 aliphatic rings. The van der Waals surface area contributed by atoms with E-state index in [1.165, 1.54) is 28.7 Å². The van der Waals surface area contributed by atoms with Crippen molar-refractivity contribution in [2.45, 2.75) is 65.5 Å². The van der Waals surface area contributed by atoms with E-state index in [0.29, 0.717) is 12.5 Å². The Hall–Kier alpha value is -0.860. The van der Waals surface area contributed by atoms with Crippen molar-refractivity contribution in [3.8, 4) is 0 Å². The largest absolute Gasteiger partial charge is 0.389 e. The van der Waals surface area contributed by atoms with Crippen LogP contribution in [0.15, 0.2) is 12.1 Å². The van der Waals surface area contributed by atoms with Crippen LogP contribution in [0.1, 0.15) is 54.9 Å². The Kier molecular flexibility index (Phi) is 4.87. The Morgan fingerprint density at radius 1 is 1.20 bits per heavy atom. The van der Waals surface area contributed by atoms with Crippen LogP contribution in [0, 0.1) is 26.7 Å². The summed E-state index contributed by atoms with van der Waals surface area (Å²) < 4.78 is 0. The fourth-order valence-electron chi connectivity index (χ4n) is 3.43. The summed E-state index contributed by atoms with van der Waals surface area (Å²) in [5.41, 5.74) is 4.89. The highest BCUT2D eigenvalue weighted by atomic mass is 16.3. The highest BCUT2D eigenvalue weighted by Crippen LogP contribution is 2.31. The van der Waals surface area contributed by atoms with Gasteiger partial charge in [0.2, 0.25) is 0 Å². The van der Waals surface area contributed by atoms with E-state index in [2.05, 4.69) is 45.1 Å². The summed E-state index contributed by atoms with van der Waals surface area (Å²) in [5, 5.41) is 14.1. The van der Waals surface area contributed by atoms with Gasteiger partial charge < -0.3 is 10.4 Å². The predicted octanol–water partition coefficient (Wildman–Crippen LogP) is 3.64. The molecule has 0 heterocycles. The Bertz CT molecular complexity index is 469. The lowest BCUT2D eigenvalue weighted by molar-refractivity contribution is -0.0119. The second kappa shape index (κ2) is 6.28. The lowest BCUT2D eigenvalue weighted by Crippen LogP contribution is -2.43. The molecule has 1 fully saturated rings. The van der Waals surface area contributed by atoms with Gasteiger partial charge in [-0.25, -0.2) is 0 Å². The van der Waals surface area contributed by atoms with E-state index in [9.17, 15) is 5.11 Å². The molecule has 0 aliphatic heterocycles. The normalized spacial score (nSPS) is 26.8. The van der Waals surface area contributed by atoms with Gasteiger partial charge in [-0.05, 0) is 61.8 Å². The molecule has 2 atom stereocenters. The van der Waals surface area contributed by atoms with Gasteiger partial charge in [-0.2, -0.15) is 0 Å². The van der Waals surface area contributed by atoms with Crippen LogP contribution in [0.5, 0.6) is 0 Å². The van der Waals surface area contributed by atoms with Crippen molar-refractivity contribution in [2.24, 2.45) is 5.92 Å². The first kappa shape index (κ1) is 15.5. The summed E-state index contributed by atoms with van der Waals surface area (Å²) >= 11 is 0. The second-order valence-electron chi connectivity index (χ2n) is 6.89. The van der Waals surface area contributed by atoms with E-state index in [0.717, 1.165) is 25.8 Å². The van der Waals surface area contributed by atoms with Crippen LogP contribution < -0.4 is 5.32 Å². The van der Waals surface area contributed by atoms with Crippen LogP contribution in [0.2, 0.25) is 0 Å². The number of nitrogens with one attached hydrogen (secondary N) is 1. The van der Waals surface area contributed by atoms with E-state index in [1.807, 2.05) is 0 Å². The zero-order chi connectivity index (χ0) is 14.8. The summed E-state index contributed by atoms with van der Waals surface area (Å²) in [6.45, 7) is 10.3. The summed E-state index contributed by atoms with van der Waals surface area (Å²) in [5.74, 6) is 0.652. The number of benzene rings is 1. The molecule has 1 aliphatic carbocycles. The molecule has 0 bridgehead atoms. The van der Waals surface area contributed by atoms with Gasteiger partial charge in [0.15, 0.2) is 0 Å². The SMILES string of the molecule is Cc1cc(C)c(CNCC2(O)CCCC(C)C2)cc1C. The van der Waals surface area contributed by atoms with Crippen molar-refractivity contribution in [3.05, 3.63) is 34.4 Å². The molecule has 2 nitrogen and oxygen atoms in total. The maximum absolute atomic E-state index is 10.6. The van der Waals surface area contributed by atoms with Gasteiger partial charge in [0, 0.05) is 13.1 Å². The highest BCUT2D eigenvalue weighted by Gasteiger charge is 2.31. The average molecular weight is 275 g/mol. The third-order valence-electron chi connectivity index (χ3n) is 4.79. The lowest BCUT2D eigenvalue weighted by Gasteiger charge is -2.35. The fourth-order valence-corrected chi connectivity index (χ4v) is 3.43. The monoisotopic (exact) mass is 275 g/mol. The van der Waals surface area contributed by atoms with Crippen molar-refractivity contribution in [2.75, 3.05) is 6.54 Å². The Morgan fingerprint density at radius 2 is 1.90 bits per heavy atom. The van der Waals surface area contributed by atoms with Crippen molar-refractivity contribution in [1.82, 2.24) is 5.32 Å². The fraction of sp³-hybridized carbons (Fsp3) is 0.667. The Morgan fingerprint density at radius 3 is 2.60 bits per heavy atom. The van der Waals surface area contributed by atoms with Crippen molar-refractivity contribution in [1.29, 1.82) is 0 Å². The zero-order valence-corrected chi connectivity index (χ0v) is 13.4. The lowest BCUT2D eigenvalue weighted by atomic mass is 9.79. The van der Waals surface area contributed by atoms with E-state index >= 15 is 0 Å². The number of hydrogen-bond donors (Lipinski definition) is 2. The van der Waals surface area contributed by atoms with Crippen LogP contribution >= 0.6 is 0 Å². The third kappa shape index (κ3) is 3.83. The minimum Gasteiger partial charge on any atom is -0.389 e. The van der Waals surface area contributed by atoms with E-state index in [1.54, 1.807) is 0 Å². The minimum atomic E-state index is -0.495. The van der Waals surface area contributed by atoms with Gasteiger partial charge in [-0.15, -0.1) is 0 Å². The molecule has 0 aromatic heterocycles. The minimum absolute atomic E-state index is 0.495. The van der Waals surface area contributed by atoms with Crippen LogP contribution in [0.25, 0.3) is 0 Å². The molecule has 2 heteroatoms. The maximum atomic E-state index is 10.6. The molecule has 112 valence electrons. The third-order valence-corrected chi connectivity index (χ3v) is 4.79. The first-order valence-electron chi connectivity index (χ1n) is 7.89. The maximum Gasteiger partial charge on any atom is 0.0774 e. The zero-order valence-electron chi connectivity index (χ0n) is 13.4. The molecule has 2 rings (SSSR count). The summed E-state index contributed by atoms with van der Waals surface area (Å²) in [4.78, 5) is 0. The van der Waals surface area contributed by atoms with Crippen molar-refractivity contribution < 1.29 is 5.11 Å². The van der Waals surface area contributed by atoms with Crippen LogP contribution in [-0.4, -0.2) is 17.3 Å². The van der Waals surface area contributed by atoms with Gasteiger partial charge in [0.05, 0.1) is 5.60 Å². The molecule has 1 aromatic rings. The Labute approximate surface area is 123 Å². The highest BCUT2D eigenvalue weighted by molar-refractivity contribution is 5.36. The Balaban J connectivity index is 1.91. The van der Waals surface area contributed by atoms with Gasteiger partial charge >= 0.3 is 0 Å². The van der Waals surface area contributed by atoms with E-state index in [4.69, 9.17) is 0 Å². The van der Waals surface area contributed by atoms with Gasteiger partial charge in [-0.1, -0.05) is 31.9 Å². The van der Waals surface area contributed by atoms with Crippen LogP contribution in [0.3, 0.4) is 0 Å². The number of aryl methyl sites for hydroxylation is 3. The quantitative estimate of drug-likeness (QED) is 0.879. The van der Waals surface area contributed by atoms with Crippen LogP contribution in [-0.2, 0) is 6.54 Å². The molecule has 1 saturated carbocycles. The van der Waals surface area contributed by atoms with Crippen molar-refractivity contribution in [3.63, 3.8) is 0 Å². The molecular formula is C18H29NO. The number of hydrogen-bond acceptors (Lipinski definition) is 2. The summed E-state index contributed by atoms with van der Waals surface area (Å²) in [7, 11) is 0. The predicted molar refractivity (Wildman–Crippen MR) is 84.9 cm³/mol. The summed E-state index contributed by atoms with van der Waals surface area (Å²) in [6, 6.07) is 4.52. The number of rotatable bonds is 4. The van der Waals surface area contributed by atoms with E-state index in [-0.39, 0.29) is 0 Å². The summed E-state index contributed by atoms with van der Waals surface area (Å²) in [6.07, 6.45) is 4.29. The molecule has 1 aromatic carbocycles. The molecule has 0 spiro atoms. The molecule has 20 heavy (non-hydrogen) atoms. The smallest absolute Gasteiger partial charge is 0.0774 e.